The summed E-state index contributed by atoms with van der Waals surface area (Å²) in [6.45, 7) is 1.72. The van der Waals surface area contributed by atoms with E-state index in [1.165, 1.54) is 23.8 Å². The van der Waals surface area contributed by atoms with Crippen molar-refractivity contribution in [1.82, 2.24) is 9.13 Å². The van der Waals surface area contributed by atoms with Crippen LogP contribution in [0.5, 0.6) is 0 Å². The van der Waals surface area contributed by atoms with Crippen LogP contribution < -0.4 is 10.9 Å². The molecule has 0 fully saturated rings. The average Bonchev–Trinajstić information content (AvgIpc) is 3.07. The quantitative estimate of drug-likeness (QED) is 0.641. The van der Waals surface area contributed by atoms with E-state index in [0.717, 1.165) is 0 Å². The van der Waals surface area contributed by atoms with E-state index in [1.54, 1.807) is 56.2 Å². The van der Waals surface area contributed by atoms with E-state index in [9.17, 15) is 14.0 Å². The molecule has 0 spiro atoms. The van der Waals surface area contributed by atoms with Gasteiger partial charge in [0.25, 0.3) is 5.56 Å². The maximum absolute atomic E-state index is 14.2. The monoisotopic (exact) mass is 417 g/mol. The van der Waals surface area contributed by atoms with Gasteiger partial charge in [-0.3, -0.25) is 4.79 Å². The number of anilines is 1. The molecule has 2 heterocycles. The largest absolute Gasteiger partial charge is 0.465 e. The van der Waals surface area contributed by atoms with E-state index in [4.69, 9.17) is 16.3 Å². The molecule has 152 valence electrons. The second-order valence-electron chi connectivity index (χ2n) is 6.80. The highest BCUT2D eigenvalue weighted by Gasteiger charge is 2.26. The number of hydrogen-bond donors (Lipinski definition) is 1. The number of nitrogens with zero attached hydrogens (tertiary/aromatic N) is 2. The number of rotatable bonds is 5. The van der Waals surface area contributed by atoms with Gasteiger partial charge in [-0.15, -0.1) is 0 Å². The van der Waals surface area contributed by atoms with Crippen molar-refractivity contribution in [2.75, 3.05) is 12.4 Å². The lowest BCUT2D eigenvalue weighted by atomic mass is 9.99. The van der Waals surface area contributed by atoms with Crippen LogP contribution in [0.25, 0.3) is 0 Å². The van der Waals surface area contributed by atoms with Crippen LogP contribution >= 0.6 is 11.6 Å². The molecule has 1 atom stereocenters. The number of hydrogen-bond acceptors (Lipinski definition) is 4. The Bertz CT molecular complexity index is 1110. The standard InChI is InChI=1S/C21H21ClFN3O3/c1-12-9-14(11-26(3)20(12)27)24-18(13-5-6-16(22)17(23)10-13)19-15(21(28)29-4)7-8-25(19)2/h5-11,18,24H,1-4H3. The Balaban J connectivity index is 2.18. The summed E-state index contributed by atoms with van der Waals surface area (Å²) in [4.78, 5) is 24.3. The Morgan fingerprint density at radius 2 is 1.93 bits per heavy atom. The third-order valence-corrected chi connectivity index (χ3v) is 5.06. The Hall–Kier alpha value is -3.06. The molecular weight excluding hydrogens is 397 g/mol. The summed E-state index contributed by atoms with van der Waals surface area (Å²) in [5.41, 5.74) is 2.58. The zero-order chi connectivity index (χ0) is 21.3. The SMILES string of the molecule is COC(=O)c1ccn(C)c1C(Nc1cc(C)c(=O)n(C)c1)c1ccc(Cl)c(F)c1. The molecule has 0 bridgehead atoms. The van der Waals surface area contributed by atoms with Crippen LogP contribution in [0, 0.1) is 12.7 Å². The van der Waals surface area contributed by atoms with Gasteiger partial charge < -0.3 is 19.2 Å². The molecule has 1 unspecified atom stereocenters. The zero-order valence-electron chi connectivity index (χ0n) is 16.5. The fourth-order valence-corrected chi connectivity index (χ4v) is 3.43. The molecule has 1 N–H and O–H groups in total. The maximum atomic E-state index is 14.2. The number of nitrogens with one attached hydrogen (secondary N) is 1. The molecule has 1 aromatic carbocycles. The van der Waals surface area contributed by atoms with E-state index in [-0.39, 0.29) is 10.6 Å². The van der Waals surface area contributed by atoms with Gasteiger partial charge in [-0.05, 0) is 36.8 Å². The van der Waals surface area contributed by atoms with E-state index in [2.05, 4.69) is 5.32 Å². The Labute approximate surface area is 172 Å². The van der Waals surface area contributed by atoms with Gasteiger partial charge in [0.05, 0.1) is 35.1 Å². The van der Waals surface area contributed by atoms with Crippen LogP contribution in [-0.2, 0) is 18.8 Å². The molecule has 6 nitrogen and oxygen atoms in total. The summed E-state index contributed by atoms with van der Waals surface area (Å²) in [5, 5.41) is 3.32. The number of benzene rings is 1. The number of methoxy groups -OCH3 is 1. The summed E-state index contributed by atoms with van der Waals surface area (Å²) in [6, 6.07) is 7.23. The highest BCUT2D eigenvalue weighted by molar-refractivity contribution is 6.30. The minimum atomic E-state index is -0.604. The molecule has 29 heavy (non-hydrogen) atoms. The van der Waals surface area contributed by atoms with Crippen molar-refractivity contribution in [3.8, 4) is 0 Å². The third-order valence-electron chi connectivity index (χ3n) is 4.75. The molecule has 0 saturated carbocycles. The van der Waals surface area contributed by atoms with Crippen molar-refractivity contribution in [2.45, 2.75) is 13.0 Å². The number of pyridine rings is 1. The normalized spacial score (nSPS) is 11.9. The van der Waals surface area contributed by atoms with Gasteiger partial charge in [-0.2, -0.15) is 0 Å². The van der Waals surface area contributed by atoms with E-state index in [0.29, 0.717) is 28.1 Å². The molecule has 8 heteroatoms. The lowest BCUT2D eigenvalue weighted by Crippen LogP contribution is -2.23. The number of aryl methyl sites for hydroxylation is 3. The first-order valence-corrected chi connectivity index (χ1v) is 9.23. The fraction of sp³-hybridized carbons (Fsp3) is 0.238. The van der Waals surface area contributed by atoms with Gasteiger partial charge in [0.1, 0.15) is 5.82 Å². The van der Waals surface area contributed by atoms with Gasteiger partial charge in [-0.25, -0.2) is 9.18 Å². The van der Waals surface area contributed by atoms with Crippen molar-refractivity contribution >= 4 is 23.3 Å². The lowest BCUT2D eigenvalue weighted by molar-refractivity contribution is 0.0599. The lowest BCUT2D eigenvalue weighted by Gasteiger charge is -2.23. The van der Waals surface area contributed by atoms with Gasteiger partial charge in [0, 0.05) is 32.1 Å². The smallest absolute Gasteiger partial charge is 0.339 e. The van der Waals surface area contributed by atoms with Gasteiger partial charge >= 0.3 is 5.97 Å². The number of aromatic nitrogens is 2. The topological polar surface area (TPSA) is 65.3 Å². The van der Waals surface area contributed by atoms with Crippen LogP contribution in [0.15, 0.2) is 47.5 Å². The molecule has 3 rings (SSSR count). The molecule has 0 saturated heterocycles. The van der Waals surface area contributed by atoms with Gasteiger partial charge in [-0.1, -0.05) is 17.7 Å². The Kier molecular flexibility index (Phi) is 5.79. The Morgan fingerprint density at radius 1 is 1.21 bits per heavy atom. The molecule has 0 aliphatic rings. The Morgan fingerprint density at radius 3 is 2.55 bits per heavy atom. The second-order valence-corrected chi connectivity index (χ2v) is 7.20. The molecule has 2 aromatic heterocycles. The molecule has 0 aliphatic heterocycles. The van der Waals surface area contributed by atoms with E-state index in [1.807, 2.05) is 0 Å². The summed E-state index contributed by atoms with van der Waals surface area (Å²) in [7, 11) is 4.74. The van der Waals surface area contributed by atoms with Crippen LogP contribution in [0.2, 0.25) is 5.02 Å². The van der Waals surface area contributed by atoms with Gasteiger partial charge in [0.2, 0.25) is 0 Å². The predicted octanol–water partition coefficient (Wildman–Crippen LogP) is 3.81. The van der Waals surface area contributed by atoms with Crippen molar-refractivity contribution in [3.63, 3.8) is 0 Å². The van der Waals surface area contributed by atoms with E-state index >= 15 is 0 Å². The van der Waals surface area contributed by atoms with E-state index < -0.39 is 17.8 Å². The maximum Gasteiger partial charge on any atom is 0.339 e. The molecule has 0 radical (unpaired) electrons. The number of halogens is 2. The van der Waals surface area contributed by atoms with Crippen LogP contribution in [0.1, 0.15) is 33.2 Å². The van der Waals surface area contributed by atoms with Crippen molar-refractivity contribution in [2.24, 2.45) is 14.1 Å². The average molecular weight is 418 g/mol. The first-order valence-electron chi connectivity index (χ1n) is 8.85. The zero-order valence-corrected chi connectivity index (χ0v) is 17.2. The van der Waals surface area contributed by atoms with Crippen molar-refractivity contribution in [3.05, 3.63) is 86.3 Å². The third kappa shape index (κ3) is 4.05. The van der Waals surface area contributed by atoms with Crippen LogP contribution in [0.4, 0.5) is 10.1 Å². The fourth-order valence-electron chi connectivity index (χ4n) is 3.31. The number of esters is 1. The molecule has 0 amide bonds. The summed E-state index contributed by atoms with van der Waals surface area (Å²) < 4.78 is 22.4. The molecular formula is C21H21ClFN3O3. The number of carbonyl (C=O) groups excluding carboxylic acids is 1. The highest BCUT2D eigenvalue weighted by atomic mass is 35.5. The second kappa shape index (κ2) is 8.13. The van der Waals surface area contributed by atoms with Gasteiger partial charge in [0.15, 0.2) is 0 Å². The predicted molar refractivity (Wildman–Crippen MR) is 110 cm³/mol. The van der Waals surface area contributed by atoms with Crippen LogP contribution in [-0.4, -0.2) is 22.2 Å². The highest BCUT2D eigenvalue weighted by Crippen LogP contribution is 2.31. The minimum absolute atomic E-state index is 0.00512. The molecule has 0 aliphatic carbocycles. The molecule has 3 aromatic rings. The number of ether oxygens (including phenoxy) is 1. The van der Waals surface area contributed by atoms with Crippen LogP contribution in [0.3, 0.4) is 0 Å². The first kappa shape index (κ1) is 20.7. The summed E-state index contributed by atoms with van der Waals surface area (Å²) >= 11 is 5.85. The van der Waals surface area contributed by atoms with Crippen molar-refractivity contribution in [1.29, 1.82) is 0 Å². The van der Waals surface area contributed by atoms with Crippen molar-refractivity contribution < 1.29 is 13.9 Å². The summed E-state index contributed by atoms with van der Waals surface area (Å²) in [6.07, 6.45) is 3.38. The number of carbonyl (C=O) groups is 1. The first-order chi connectivity index (χ1) is 13.7. The minimum Gasteiger partial charge on any atom is -0.465 e. The summed E-state index contributed by atoms with van der Waals surface area (Å²) in [5.74, 6) is -1.07.